The van der Waals surface area contributed by atoms with Gasteiger partial charge in [-0.25, -0.2) is 9.37 Å². The number of hydrogen-bond acceptors (Lipinski definition) is 2. The Balaban J connectivity index is 2.02. The lowest BCUT2D eigenvalue weighted by molar-refractivity contribution is -0.111. The van der Waals surface area contributed by atoms with Crippen LogP contribution in [-0.4, -0.2) is 10.9 Å². The minimum Gasteiger partial charge on any atom is -0.307 e. The minimum absolute atomic E-state index is 0.349. The molecule has 0 spiro atoms. The van der Waals surface area contributed by atoms with Gasteiger partial charge in [-0.1, -0.05) is 29.8 Å². The standard InChI is InChI=1S/C14H10ClFN2O/c15-11-6-7-13(17-9-11)18-14(19)8-5-10-3-1-2-4-12(10)16/h1-9H,(H,17,18,19)/b8-5+. The maximum Gasteiger partial charge on any atom is 0.249 e. The largest absolute Gasteiger partial charge is 0.307 e. The average Bonchev–Trinajstić information content (AvgIpc) is 2.40. The van der Waals surface area contributed by atoms with E-state index in [0.29, 0.717) is 16.4 Å². The van der Waals surface area contributed by atoms with Gasteiger partial charge in [0.15, 0.2) is 0 Å². The van der Waals surface area contributed by atoms with Crippen LogP contribution in [0, 0.1) is 5.82 Å². The fourth-order valence-corrected chi connectivity index (χ4v) is 1.51. The van der Waals surface area contributed by atoms with Gasteiger partial charge in [0.25, 0.3) is 0 Å². The molecule has 1 N–H and O–H groups in total. The van der Waals surface area contributed by atoms with Gasteiger partial charge in [-0.15, -0.1) is 0 Å². The Labute approximate surface area is 114 Å². The molecule has 0 fully saturated rings. The van der Waals surface area contributed by atoms with E-state index in [4.69, 9.17) is 11.6 Å². The van der Waals surface area contributed by atoms with Gasteiger partial charge in [-0.2, -0.15) is 0 Å². The number of anilines is 1. The zero-order chi connectivity index (χ0) is 13.7. The number of hydrogen-bond donors (Lipinski definition) is 1. The third-order valence-electron chi connectivity index (χ3n) is 2.30. The van der Waals surface area contributed by atoms with E-state index in [2.05, 4.69) is 10.3 Å². The summed E-state index contributed by atoms with van der Waals surface area (Å²) < 4.78 is 13.3. The van der Waals surface area contributed by atoms with Crippen molar-refractivity contribution in [1.29, 1.82) is 0 Å². The fourth-order valence-electron chi connectivity index (χ4n) is 1.39. The number of halogens is 2. The molecule has 19 heavy (non-hydrogen) atoms. The molecule has 0 bridgehead atoms. The lowest BCUT2D eigenvalue weighted by Gasteiger charge is -2.00. The van der Waals surface area contributed by atoms with Crippen molar-refractivity contribution in [1.82, 2.24) is 4.98 Å². The molecule has 0 atom stereocenters. The molecule has 0 unspecified atom stereocenters. The molecule has 0 aliphatic rings. The van der Waals surface area contributed by atoms with Crippen LogP contribution in [0.4, 0.5) is 10.2 Å². The first-order chi connectivity index (χ1) is 9.15. The Hall–Kier alpha value is -2.20. The molecule has 3 nitrogen and oxygen atoms in total. The van der Waals surface area contributed by atoms with Crippen LogP contribution in [0.3, 0.4) is 0 Å². The monoisotopic (exact) mass is 276 g/mol. The van der Waals surface area contributed by atoms with Gasteiger partial charge in [-0.3, -0.25) is 4.79 Å². The molecule has 0 aliphatic carbocycles. The molecule has 0 aliphatic heterocycles. The first-order valence-electron chi connectivity index (χ1n) is 5.50. The number of aromatic nitrogens is 1. The summed E-state index contributed by atoms with van der Waals surface area (Å²) in [5.41, 5.74) is 0.349. The van der Waals surface area contributed by atoms with Crippen LogP contribution in [0.15, 0.2) is 48.7 Å². The van der Waals surface area contributed by atoms with Crippen LogP contribution in [0.2, 0.25) is 5.02 Å². The van der Waals surface area contributed by atoms with Crippen LogP contribution in [0.25, 0.3) is 6.08 Å². The summed E-state index contributed by atoms with van der Waals surface area (Å²) in [5.74, 6) is -0.387. The van der Waals surface area contributed by atoms with Crippen molar-refractivity contribution >= 4 is 29.4 Å². The lowest BCUT2D eigenvalue weighted by Crippen LogP contribution is -2.08. The summed E-state index contributed by atoms with van der Waals surface area (Å²) in [4.78, 5) is 15.5. The molecule has 2 rings (SSSR count). The summed E-state index contributed by atoms with van der Waals surface area (Å²) >= 11 is 5.68. The van der Waals surface area contributed by atoms with Gasteiger partial charge in [0.2, 0.25) is 5.91 Å². The Morgan fingerprint density at radius 1 is 1.26 bits per heavy atom. The van der Waals surface area contributed by atoms with Crippen molar-refractivity contribution in [2.75, 3.05) is 5.32 Å². The first kappa shape index (κ1) is 13.2. The van der Waals surface area contributed by atoms with Crippen molar-refractivity contribution in [3.63, 3.8) is 0 Å². The number of amides is 1. The lowest BCUT2D eigenvalue weighted by atomic mass is 10.2. The maximum atomic E-state index is 13.3. The summed E-state index contributed by atoms with van der Waals surface area (Å²) in [6, 6.07) is 9.39. The molecule has 1 amide bonds. The summed E-state index contributed by atoms with van der Waals surface area (Å²) in [6.45, 7) is 0. The third kappa shape index (κ3) is 3.89. The number of pyridine rings is 1. The molecule has 0 radical (unpaired) electrons. The molecular weight excluding hydrogens is 267 g/mol. The highest BCUT2D eigenvalue weighted by Crippen LogP contribution is 2.10. The topological polar surface area (TPSA) is 42.0 Å². The van der Waals surface area contributed by atoms with Gasteiger partial charge >= 0.3 is 0 Å². The van der Waals surface area contributed by atoms with Crippen molar-refractivity contribution in [2.45, 2.75) is 0 Å². The van der Waals surface area contributed by atoms with Gasteiger partial charge < -0.3 is 5.32 Å². The number of nitrogens with zero attached hydrogens (tertiary/aromatic N) is 1. The maximum absolute atomic E-state index is 13.3. The molecule has 1 heterocycles. The number of nitrogens with one attached hydrogen (secondary N) is 1. The first-order valence-corrected chi connectivity index (χ1v) is 5.88. The zero-order valence-electron chi connectivity index (χ0n) is 9.81. The van der Waals surface area contributed by atoms with Gasteiger partial charge in [-0.05, 0) is 24.3 Å². The second kappa shape index (κ2) is 6.11. The van der Waals surface area contributed by atoms with E-state index in [1.165, 1.54) is 24.4 Å². The van der Waals surface area contributed by atoms with E-state index in [1.807, 2.05) is 0 Å². The van der Waals surface area contributed by atoms with E-state index < -0.39 is 5.91 Å². The van der Waals surface area contributed by atoms with E-state index in [9.17, 15) is 9.18 Å². The summed E-state index contributed by atoms with van der Waals surface area (Å²) in [7, 11) is 0. The zero-order valence-corrected chi connectivity index (χ0v) is 10.6. The van der Waals surface area contributed by atoms with Crippen molar-refractivity contribution in [3.05, 3.63) is 65.1 Å². The Kier molecular flexibility index (Phi) is 4.26. The van der Waals surface area contributed by atoms with E-state index in [0.717, 1.165) is 0 Å². The summed E-state index contributed by atoms with van der Waals surface area (Å²) in [5, 5.41) is 3.03. The highest BCUT2D eigenvalue weighted by atomic mass is 35.5. The summed E-state index contributed by atoms with van der Waals surface area (Å²) in [6.07, 6.45) is 4.08. The fraction of sp³-hybridized carbons (Fsp3) is 0. The molecule has 1 aromatic heterocycles. The van der Waals surface area contributed by atoms with Gasteiger partial charge in [0.1, 0.15) is 11.6 Å². The van der Waals surface area contributed by atoms with Crippen molar-refractivity contribution in [3.8, 4) is 0 Å². The Morgan fingerprint density at radius 2 is 2.05 bits per heavy atom. The third-order valence-corrected chi connectivity index (χ3v) is 2.52. The average molecular weight is 277 g/mol. The predicted octanol–water partition coefficient (Wildman–Crippen LogP) is 3.53. The van der Waals surface area contributed by atoms with Crippen LogP contribution >= 0.6 is 11.6 Å². The quantitative estimate of drug-likeness (QED) is 0.872. The molecule has 96 valence electrons. The van der Waals surface area contributed by atoms with Crippen molar-refractivity contribution in [2.24, 2.45) is 0 Å². The molecular formula is C14H10ClFN2O. The van der Waals surface area contributed by atoms with Crippen LogP contribution < -0.4 is 5.32 Å². The smallest absolute Gasteiger partial charge is 0.249 e. The Morgan fingerprint density at radius 3 is 2.74 bits per heavy atom. The van der Waals surface area contributed by atoms with Crippen molar-refractivity contribution < 1.29 is 9.18 Å². The normalized spacial score (nSPS) is 10.6. The van der Waals surface area contributed by atoms with Gasteiger partial charge in [0, 0.05) is 17.8 Å². The highest BCUT2D eigenvalue weighted by Gasteiger charge is 2.00. The molecule has 0 saturated heterocycles. The second-order valence-electron chi connectivity index (χ2n) is 3.71. The SMILES string of the molecule is O=C(/C=C/c1ccccc1F)Nc1ccc(Cl)cn1. The molecule has 1 aromatic carbocycles. The molecule has 5 heteroatoms. The molecule has 0 saturated carbocycles. The van der Waals surface area contributed by atoms with Crippen LogP contribution in [0.1, 0.15) is 5.56 Å². The number of carbonyl (C=O) groups excluding carboxylic acids is 1. The minimum atomic E-state index is -0.391. The predicted molar refractivity (Wildman–Crippen MR) is 73.3 cm³/mol. The van der Waals surface area contributed by atoms with E-state index in [-0.39, 0.29) is 5.82 Å². The van der Waals surface area contributed by atoms with Crippen LogP contribution in [-0.2, 0) is 4.79 Å². The highest BCUT2D eigenvalue weighted by molar-refractivity contribution is 6.30. The number of benzene rings is 1. The van der Waals surface area contributed by atoms with Crippen LogP contribution in [0.5, 0.6) is 0 Å². The van der Waals surface area contributed by atoms with E-state index >= 15 is 0 Å². The van der Waals surface area contributed by atoms with E-state index in [1.54, 1.807) is 30.3 Å². The number of rotatable bonds is 3. The van der Waals surface area contributed by atoms with Gasteiger partial charge in [0.05, 0.1) is 5.02 Å². The second-order valence-corrected chi connectivity index (χ2v) is 4.14. The Bertz CT molecular complexity index is 611. The number of carbonyl (C=O) groups is 1. The molecule has 2 aromatic rings.